The Bertz CT molecular complexity index is 739. The van der Waals surface area contributed by atoms with E-state index >= 15 is 0 Å². The number of carbonyl (C=O) groups excluding carboxylic acids is 4. The van der Waals surface area contributed by atoms with Crippen LogP contribution in [0.25, 0.3) is 0 Å². The van der Waals surface area contributed by atoms with Gasteiger partial charge >= 0.3 is 17.9 Å². The van der Waals surface area contributed by atoms with Crippen LogP contribution in [0.15, 0.2) is 46.6 Å². The number of nitrogens with zero attached hydrogens (tertiary/aromatic N) is 2. The normalized spacial score (nSPS) is 12.0. The fourth-order valence-corrected chi connectivity index (χ4v) is 1.74. The Hall–Kier alpha value is -3.36. The van der Waals surface area contributed by atoms with Crippen molar-refractivity contribution in [3.05, 3.63) is 42.0 Å². The van der Waals surface area contributed by atoms with Crippen molar-refractivity contribution >= 4 is 29.4 Å². The van der Waals surface area contributed by atoms with Gasteiger partial charge in [-0.15, -0.1) is 0 Å². The number of azo groups is 1. The van der Waals surface area contributed by atoms with Gasteiger partial charge in [-0.1, -0.05) is 0 Å². The minimum Gasteiger partial charge on any atom is -0.465 e. The van der Waals surface area contributed by atoms with Crippen molar-refractivity contribution in [2.75, 3.05) is 20.3 Å². The molecule has 1 aromatic carbocycles. The molecule has 0 aliphatic heterocycles. The van der Waals surface area contributed by atoms with Crippen LogP contribution in [-0.4, -0.2) is 50.1 Å². The van der Waals surface area contributed by atoms with Gasteiger partial charge in [0.2, 0.25) is 6.04 Å². The zero-order valence-corrected chi connectivity index (χ0v) is 15.2. The molecule has 27 heavy (non-hydrogen) atoms. The Morgan fingerprint density at radius 3 is 2.33 bits per heavy atom. The summed E-state index contributed by atoms with van der Waals surface area (Å²) < 4.78 is 14.1. The molecule has 0 N–H and O–H groups in total. The van der Waals surface area contributed by atoms with Crippen molar-refractivity contribution in [1.29, 1.82) is 0 Å². The second kappa shape index (κ2) is 11.3. The highest BCUT2D eigenvalue weighted by Gasteiger charge is 2.24. The van der Waals surface area contributed by atoms with E-state index in [1.807, 2.05) is 0 Å². The van der Waals surface area contributed by atoms with Crippen LogP contribution in [-0.2, 0) is 28.6 Å². The molecule has 0 fully saturated rings. The summed E-state index contributed by atoms with van der Waals surface area (Å²) in [5.41, 5.74) is 0.663. The molecule has 0 radical (unpaired) electrons. The highest BCUT2D eigenvalue weighted by atomic mass is 16.5. The van der Waals surface area contributed by atoms with Crippen molar-refractivity contribution in [1.82, 2.24) is 0 Å². The molecule has 0 heterocycles. The van der Waals surface area contributed by atoms with Gasteiger partial charge in [0.05, 0.1) is 25.0 Å². The fraction of sp³-hybridized carbons (Fsp3) is 0.333. The average molecular weight is 376 g/mol. The van der Waals surface area contributed by atoms with Crippen LogP contribution in [0.2, 0.25) is 0 Å². The Balaban J connectivity index is 2.68. The monoisotopic (exact) mass is 376 g/mol. The van der Waals surface area contributed by atoms with Gasteiger partial charge in [0.1, 0.15) is 6.61 Å². The molecular formula is C18H20N2O7. The van der Waals surface area contributed by atoms with Gasteiger partial charge in [0.15, 0.2) is 5.78 Å². The zero-order valence-electron chi connectivity index (χ0n) is 15.2. The zero-order chi connectivity index (χ0) is 20.2. The number of benzene rings is 1. The van der Waals surface area contributed by atoms with Gasteiger partial charge in [0, 0.05) is 6.08 Å². The predicted octanol–water partition coefficient (Wildman–Crippen LogP) is 2.18. The fourth-order valence-electron chi connectivity index (χ4n) is 1.74. The van der Waals surface area contributed by atoms with Crippen LogP contribution in [0.3, 0.4) is 0 Å². The van der Waals surface area contributed by atoms with Crippen molar-refractivity contribution < 1.29 is 33.4 Å². The van der Waals surface area contributed by atoms with Crippen LogP contribution in [0.1, 0.15) is 24.2 Å². The van der Waals surface area contributed by atoms with Crippen LogP contribution in [0, 0.1) is 0 Å². The molecule has 0 amide bonds. The number of carbonyl (C=O) groups is 4. The number of ketones is 1. The molecule has 9 heteroatoms. The number of Topliss-reactive ketones (excluding diaryl/α,β-unsaturated/α-hetero) is 1. The molecule has 0 saturated carbocycles. The van der Waals surface area contributed by atoms with Crippen LogP contribution >= 0.6 is 0 Å². The topological polar surface area (TPSA) is 121 Å². The lowest BCUT2D eigenvalue weighted by Crippen LogP contribution is -2.28. The molecule has 1 atom stereocenters. The van der Waals surface area contributed by atoms with Crippen LogP contribution in [0.5, 0.6) is 0 Å². The number of hydrogen-bond donors (Lipinski definition) is 0. The SMILES string of the molecule is CCOC(=O)/C=C/COC(=O)C(N=Nc1ccc(C(=O)OC)cc1)C(C)=O. The molecule has 1 aromatic rings. The van der Waals surface area contributed by atoms with Crippen LogP contribution < -0.4 is 0 Å². The van der Waals surface area contributed by atoms with E-state index in [-0.39, 0.29) is 13.2 Å². The number of hydrogen-bond acceptors (Lipinski definition) is 9. The first kappa shape index (κ1) is 21.7. The van der Waals surface area contributed by atoms with Crippen LogP contribution in [0.4, 0.5) is 5.69 Å². The minimum atomic E-state index is -1.43. The molecule has 0 saturated heterocycles. The Kier molecular flexibility index (Phi) is 9.07. The van der Waals surface area contributed by atoms with E-state index in [0.29, 0.717) is 11.3 Å². The Labute approximate surface area is 156 Å². The van der Waals surface area contributed by atoms with E-state index in [1.54, 1.807) is 6.92 Å². The third kappa shape index (κ3) is 7.59. The molecule has 0 aliphatic rings. The third-order valence-electron chi connectivity index (χ3n) is 3.05. The van der Waals surface area contributed by atoms with Crippen molar-refractivity contribution in [2.45, 2.75) is 19.9 Å². The summed E-state index contributed by atoms with van der Waals surface area (Å²) >= 11 is 0. The summed E-state index contributed by atoms with van der Waals surface area (Å²) in [5, 5.41) is 7.52. The molecule has 1 unspecified atom stereocenters. The van der Waals surface area contributed by atoms with Gasteiger partial charge in [-0.25, -0.2) is 14.4 Å². The minimum absolute atomic E-state index is 0.217. The van der Waals surface area contributed by atoms with E-state index < -0.39 is 29.7 Å². The molecule has 0 aliphatic carbocycles. The summed E-state index contributed by atoms with van der Waals surface area (Å²) in [5.74, 6) is -2.51. The Morgan fingerprint density at radius 1 is 1.11 bits per heavy atom. The molecule has 144 valence electrons. The molecule has 0 bridgehead atoms. The quantitative estimate of drug-likeness (QED) is 0.213. The van der Waals surface area contributed by atoms with E-state index in [2.05, 4.69) is 19.7 Å². The summed E-state index contributed by atoms with van der Waals surface area (Å²) in [6.07, 6.45) is 2.40. The van der Waals surface area contributed by atoms with Gasteiger partial charge in [-0.2, -0.15) is 10.2 Å². The maximum atomic E-state index is 12.0. The molecule has 0 aromatic heterocycles. The smallest absolute Gasteiger partial charge is 0.340 e. The van der Waals surface area contributed by atoms with E-state index in [1.165, 1.54) is 44.4 Å². The molecule has 0 spiro atoms. The lowest BCUT2D eigenvalue weighted by atomic mass is 10.2. The van der Waals surface area contributed by atoms with E-state index in [4.69, 9.17) is 4.74 Å². The molecule has 9 nitrogen and oxygen atoms in total. The van der Waals surface area contributed by atoms with Gasteiger partial charge in [-0.3, -0.25) is 4.79 Å². The van der Waals surface area contributed by atoms with Crippen molar-refractivity contribution in [2.24, 2.45) is 10.2 Å². The number of methoxy groups -OCH3 is 1. The number of rotatable bonds is 9. The largest absolute Gasteiger partial charge is 0.465 e. The number of ether oxygens (including phenoxy) is 3. The third-order valence-corrected chi connectivity index (χ3v) is 3.05. The highest BCUT2D eigenvalue weighted by Crippen LogP contribution is 2.15. The number of esters is 3. The first-order valence-corrected chi connectivity index (χ1v) is 7.98. The summed E-state index contributed by atoms with van der Waals surface area (Å²) in [4.78, 5) is 46.0. The molecule has 1 rings (SSSR count). The lowest BCUT2D eigenvalue weighted by Gasteiger charge is -2.07. The first-order valence-electron chi connectivity index (χ1n) is 7.98. The van der Waals surface area contributed by atoms with Gasteiger partial charge in [0.25, 0.3) is 0 Å². The second-order valence-electron chi connectivity index (χ2n) is 5.05. The maximum absolute atomic E-state index is 12.0. The highest BCUT2D eigenvalue weighted by molar-refractivity contribution is 6.02. The molecular weight excluding hydrogens is 356 g/mol. The van der Waals surface area contributed by atoms with Crippen molar-refractivity contribution in [3.8, 4) is 0 Å². The van der Waals surface area contributed by atoms with Gasteiger partial charge < -0.3 is 14.2 Å². The summed E-state index contributed by atoms with van der Waals surface area (Å²) in [6, 6.07) is 4.49. The lowest BCUT2D eigenvalue weighted by molar-refractivity contribution is -0.146. The summed E-state index contributed by atoms with van der Waals surface area (Å²) in [6.45, 7) is 2.86. The van der Waals surface area contributed by atoms with E-state index in [0.717, 1.165) is 6.08 Å². The van der Waals surface area contributed by atoms with Crippen molar-refractivity contribution in [3.63, 3.8) is 0 Å². The maximum Gasteiger partial charge on any atom is 0.340 e. The standard InChI is InChI=1S/C18H20N2O7/c1-4-26-15(22)6-5-11-27-18(24)16(12(2)21)20-19-14-9-7-13(8-10-14)17(23)25-3/h5-10,16H,4,11H2,1-3H3/b6-5+,20-19?. The first-order chi connectivity index (χ1) is 12.9. The van der Waals surface area contributed by atoms with Gasteiger partial charge in [-0.05, 0) is 44.2 Å². The predicted molar refractivity (Wildman–Crippen MR) is 93.5 cm³/mol. The average Bonchev–Trinajstić information content (AvgIpc) is 2.65. The second-order valence-corrected chi connectivity index (χ2v) is 5.05. The van der Waals surface area contributed by atoms with E-state index in [9.17, 15) is 19.2 Å². The summed E-state index contributed by atoms with van der Waals surface area (Å²) in [7, 11) is 1.26. The Morgan fingerprint density at radius 2 is 1.78 bits per heavy atom.